The number of amides is 1. The van der Waals surface area contributed by atoms with E-state index in [0.29, 0.717) is 33.0 Å². The zero-order valence-electron chi connectivity index (χ0n) is 12.9. The van der Waals surface area contributed by atoms with E-state index in [1.807, 2.05) is 20.8 Å². The van der Waals surface area contributed by atoms with Gasteiger partial charge in [-0.05, 0) is 13.0 Å². The van der Waals surface area contributed by atoms with Gasteiger partial charge < -0.3 is 20.1 Å². The minimum atomic E-state index is -0.296. The summed E-state index contributed by atoms with van der Waals surface area (Å²) in [4.78, 5) is 11.7. The van der Waals surface area contributed by atoms with Crippen molar-refractivity contribution in [2.24, 2.45) is 5.41 Å². The third-order valence-corrected chi connectivity index (χ3v) is 3.08. The van der Waals surface area contributed by atoms with E-state index in [1.54, 1.807) is 0 Å². The van der Waals surface area contributed by atoms with Gasteiger partial charge in [-0.15, -0.1) is 0 Å². The molecule has 0 aliphatic heterocycles. The molecule has 0 unspecified atom stereocenters. The first kappa shape index (κ1) is 18.4. The van der Waals surface area contributed by atoms with Crippen LogP contribution < -0.4 is 10.6 Å². The first-order chi connectivity index (χ1) is 9.04. The molecule has 2 N–H and O–H groups in total. The van der Waals surface area contributed by atoms with Gasteiger partial charge in [0.1, 0.15) is 0 Å². The van der Waals surface area contributed by atoms with Gasteiger partial charge >= 0.3 is 0 Å². The molecule has 1 amide bonds. The number of likely N-dealkylation sites (N-methyl/N-ethyl adjacent to an activating group) is 1. The average molecular weight is 274 g/mol. The van der Waals surface area contributed by atoms with Crippen LogP contribution in [0.2, 0.25) is 0 Å². The smallest absolute Gasteiger partial charge is 0.225 e. The molecule has 0 aromatic heterocycles. The second-order valence-electron chi connectivity index (χ2n) is 5.07. The van der Waals surface area contributed by atoms with Gasteiger partial charge in [-0.2, -0.15) is 0 Å². The Balaban J connectivity index is 3.30. The summed E-state index contributed by atoms with van der Waals surface area (Å²) in [6.45, 7) is 12.8. The molecular formula is C14H30N2O3. The molecule has 0 rings (SSSR count). The van der Waals surface area contributed by atoms with Crippen LogP contribution >= 0.6 is 0 Å². The SMILES string of the molecule is CCNCCOCCOCCNC(=O)C(C)(C)CC. The van der Waals surface area contributed by atoms with Gasteiger partial charge in [0.2, 0.25) is 5.91 Å². The molecule has 0 atom stereocenters. The molecule has 0 bridgehead atoms. The van der Waals surface area contributed by atoms with E-state index in [0.717, 1.165) is 19.5 Å². The van der Waals surface area contributed by atoms with Gasteiger partial charge in [0, 0.05) is 18.5 Å². The largest absolute Gasteiger partial charge is 0.378 e. The summed E-state index contributed by atoms with van der Waals surface area (Å²) < 4.78 is 10.7. The highest BCUT2D eigenvalue weighted by molar-refractivity contribution is 5.81. The zero-order chi connectivity index (χ0) is 14.6. The Morgan fingerprint density at radius 2 is 1.58 bits per heavy atom. The molecule has 0 saturated carbocycles. The lowest BCUT2D eigenvalue weighted by atomic mass is 9.89. The number of ether oxygens (including phenoxy) is 2. The Morgan fingerprint density at radius 3 is 2.11 bits per heavy atom. The van der Waals surface area contributed by atoms with Crippen LogP contribution in [0.4, 0.5) is 0 Å². The highest BCUT2D eigenvalue weighted by Gasteiger charge is 2.24. The number of hydrogen-bond acceptors (Lipinski definition) is 4. The molecule has 19 heavy (non-hydrogen) atoms. The fourth-order valence-electron chi connectivity index (χ4n) is 1.28. The van der Waals surface area contributed by atoms with E-state index in [9.17, 15) is 4.79 Å². The predicted molar refractivity (Wildman–Crippen MR) is 77.3 cm³/mol. The number of nitrogens with one attached hydrogen (secondary N) is 2. The number of rotatable bonds is 12. The monoisotopic (exact) mass is 274 g/mol. The van der Waals surface area contributed by atoms with Crippen LogP contribution in [-0.2, 0) is 14.3 Å². The Kier molecular flexibility index (Phi) is 10.8. The van der Waals surface area contributed by atoms with Gasteiger partial charge in [-0.3, -0.25) is 4.79 Å². The van der Waals surface area contributed by atoms with Crippen LogP contribution in [0.25, 0.3) is 0 Å². The van der Waals surface area contributed by atoms with Crippen molar-refractivity contribution < 1.29 is 14.3 Å². The maximum Gasteiger partial charge on any atom is 0.225 e. The molecule has 5 nitrogen and oxygen atoms in total. The van der Waals surface area contributed by atoms with Crippen LogP contribution in [-0.4, -0.2) is 52.0 Å². The maximum atomic E-state index is 11.7. The topological polar surface area (TPSA) is 59.6 Å². The van der Waals surface area contributed by atoms with Crippen molar-refractivity contribution in [3.63, 3.8) is 0 Å². The lowest BCUT2D eigenvalue weighted by Crippen LogP contribution is -2.38. The molecule has 0 fully saturated rings. The third-order valence-electron chi connectivity index (χ3n) is 3.08. The van der Waals surface area contributed by atoms with Gasteiger partial charge in [0.15, 0.2) is 0 Å². The Hall–Kier alpha value is -0.650. The van der Waals surface area contributed by atoms with Crippen molar-refractivity contribution in [1.29, 1.82) is 0 Å². The summed E-state index contributed by atoms with van der Waals surface area (Å²) in [6, 6.07) is 0. The van der Waals surface area contributed by atoms with Gasteiger partial charge in [-0.1, -0.05) is 27.7 Å². The summed E-state index contributed by atoms with van der Waals surface area (Å²) in [5, 5.41) is 6.06. The second-order valence-corrected chi connectivity index (χ2v) is 5.07. The molecule has 0 saturated heterocycles. The minimum absolute atomic E-state index is 0.0838. The van der Waals surface area contributed by atoms with E-state index in [-0.39, 0.29) is 11.3 Å². The highest BCUT2D eigenvalue weighted by Crippen LogP contribution is 2.18. The van der Waals surface area contributed by atoms with Gasteiger partial charge in [0.25, 0.3) is 0 Å². The van der Waals surface area contributed by atoms with Gasteiger partial charge in [0.05, 0.1) is 26.4 Å². The standard InChI is InChI=1S/C14H30N2O3/c1-5-14(3,4)13(17)16-8-10-19-12-11-18-9-7-15-6-2/h15H,5-12H2,1-4H3,(H,16,17). The molecule has 0 aromatic rings. The number of carbonyl (C=O) groups excluding carboxylic acids is 1. The van der Waals surface area contributed by atoms with Crippen molar-refractivity contribution in [2.45, 2.75) is 34.1 Å². The first-order valence-corrected chi connectivity index (χ1v) is 7.19. The van der Waals surface area contributed by atoms with Crippen molar-refractivity contribution in [3.05, 3.63) is 0 Å². The lowest BCUT2D eigenvalue weighted by molar-refractivity contribution is -0.129. The summed E-state index contributed by atoms with van der Waals surface area (Å²) in [5.41, 5.74) is -0.296. The summed E-state index contributed by atoms with van der Waals surface area (Å²) in [6.07, 6.45) is 0.833. The molecule has 0 radical (unpaired) electrons. The lowest BCUT2D eigenvalue weighted by Gasteiger charge is -2.21. The third kappa shape index (κ3) is 9.87. The van der Waals surface area contributed by atoms with Gasteiger partial charge in [-0.25, -0.2) is 0 Å². The molecule has 0 heterocycles. The molecule has 0 aromatic carbocycles. The van der Waals surface area contributed by atoms with Crippen LogP contribution in [0.3, 0.4) is 0 Å². The average Bonchev–Trinajstić information content (AvgIpc) is 2.40. The minimum Gasteiger partial charge on any atom is -0.378 e. The molecule has 0 aliphatic carbocycles. The van der Waals surface area contributed by atoms with E-state index in [2.05, 4.69) is 17.6 Å². The van der Waals surface area contributed by atoms with Crippen LogP contribution in [0.15, 0.2) is 0 Å². The van der Waals surface area contributed by atoms with Crippen LogP contribution in [0, 0.1) is 5.41 Å². The molecule has 0 aliphatic rings. The van der Waals surface area contributed by atoms with E-state index < -0.39 is 0 Å². The number of carbonyl (C=O) groups is 1. The maximum absolute atomic E-state index is 11.7. The Morgan fingerprint density at radius 1 is 1.00 bits per heavy atom. The van der Waals surface area contributed by atoms with E-state index in [1.165, 1.54) is 0 Å². The molecule has 114 valence electrons. The van der Waals surface area contributed by atoms with E-state index in [4.69, 9.17) is 9.47 Å². The quantitative estimate of drug-likeness (QED) is 0.525. The Bertz CT molecular complexity index is 233. The van der Waals surface area contributed by atoms with E-state index >= 15 is 0 Å². The highest BCUT2D eigenvalue weighted by atomic mass is 16.5. The molecule has 5 heteroatoms. The summed E-state index contributed by atoms with van der Waals surface area (Å²) >= 11 is 0. The van der Waals surface area contributed by atoms with Crippen molar-refractivity contribution in [3.8, 4) is 0 Å². The van der Waals surface area contributed by atoms with Crippen LogP contribution in [0.1, 0.15) is 34.1 Å². The Labute approximate surface area is 117 Å². The van der Waals surface area contributed by atoms with Crippen molar-refractivity contribution >= 4 is 5.91 Å². The van der Waals surface area contributed by atoms with Crippen molar-refractivity contribution in [2.75, 3.05) is 46.1 Å². The number of hydrogen-bond donors (Lipinski definition) is 2. The van der Waals surface area contributed by atoms with Crippen molar-refractivity contribution in [1.82, 2.24) is 10.6 Å². The predicted octanol–water partition coefficient (Wildman–Crippen LogP) is 1.18. The fraction of sp³-hybridized carbons (Fsp3) is 0.929. The second kappa shape index (κ2) is 11.2. The van der Waals surface area contributed by atoms with Crippen LogP contribution in [0.5, 0.6) is 0 Å². The zero-order valence-corrected chi connectivity index (χ0v) is 12.9. The fourth-order valence-corrected chi connectivity index (χ4v) is 1.28. The molecular weight excluding hydrogens is 244 g/mol. The summed E-state index contributed by atoms with van der Waals surface area (Å²) in [5.74, 6) is 0.0838. The normalized spacial score (nSPS) is 11.6. The molecule has 0 spiro atoms. The summed E-state index contributed by atoms with van der Waals surface area (Å²) in [7, 11) is 0. The first-order valence-electron chi connectivity index (χ1n) is 7.19.